The van der Waals surface area contributed by atoms with Crippen molar-refractivity contribution >= 4 is 5.71 Å². The standard InChI is InChI=1S/C10H10F3NO/c1-2-9(14-15)7-3-5-8(6-4-7)10(11,12)13/h3-6,15H,2H2,1H3/b14-9+. The van der Waals surface area contributed by atoms with E-state index in [4.69, 9.17) is 5.21 Å². The zero-order valence-corrected chi connectivity index (χ0v) is 8.04. The van der Waals surface area contributed by atoms with Crippen LogP contribution in [0.4, 0.5) is 13.2 Å². The van der Waals surface area contributed by atoms with Gasteiger partial charge < -0.3 is 5.21 Å². The summed E-state index contributed by atoms with van der Waals surface area (Å²) < 4.78 is 36.6. The van der Waals surface area contributed by atoms with Crippen LogP contribution in [0.1, 0.15) is 24.5 Å². The molecule has 0 heterocycles. The normalized spacial score (nSPS) is 12.9. The van der Waals surface area contributed by atoms with Gasteiger partial charge in [-0.2, -0.15) is 13.2 Å². The fourth-order valence-corrected chi connectivity index (χ4v) is 1.18. The maximum absolute atomic E-state index is 12.2. The van der Waals surface area contributed by atoms with Crippen LogP contribution in [-0.4, -0.2) is 10.9 Å². The summed E-state index contributed by atoms with van der Waals surface area (Å²) in [4.78, 5) is 0. The molecule has 0 atom stereocenters. The molecule has 0 saturated heterocycles. The van der Waals surface area contributed by atoms with Crippen molar-refractivity contribution in [2.45, 2.75) is 19.5 Å². The molecule has 0 aliphatic carbocycles. The van der Waals surface area contributed by atoms with Crippen LogP contribution in [0.3, 0.4) is 0 Å². The topological polar surface area (TPSA) is 32.6 Å². The molecule has 0 unspecified atom stereocenters. The fourth-order valence-electron chi connectivity index (χ4n) is 1.18. The quantitative estimate of drug-likeness (QED) is 0.460. The third kappa shape index (κ3) is 2.71. The molecule has 0 spiro atoms. The first-order chi connectivity index (χ1) is 6.99. The van der Waals surface area contributed by atoms with Crippen molar-refractivity contribution in [3.63, 3.8) is 0 Å². The monoisotopic (exact) mass is 217 g/mol. The van der Waals surface area contributed by atoms with E-state index < -0.39 is 11.7 Å². The first-order valence-corrected chi connectivity index (χ1v) is 4.37. The molecular weight excluding hydrogens is 207 g/mol. The zero-order valence-electron chi connectivity index (χ0n) is 8.04. The van der Waals surface area contributed by atoms with Crippen molar-refractivity contribution in [1.82, 2.24) is 0 Å². The Morgan fingerprint density at radius 1 is 1.27 bits per heavy atom. The first-order valence-electron chi connectivity index (χ1n) is 4.37. The Hall–Kier alpha value is -1.52. The van der Waals surface area contributed by atoms with Crippen molar-refractivity contribution in [2.24, 2.45) is 5.16 Å². The van der Waals surface area contributed by atoms with Crippen LogP contribution in [0, 0.1) is 0 Å². The van der Waals surface area contributed by atoms with Crippen LogP contribution in [0.15, 0.2) is 29.4 Å². The van der Waals surface area contributed by atoms with Gasteiger partial charge in [0.05, 0.1) is 11.3 Å². The lowest BCUT2D eigenvalue weighted by atomic mass is 10.1. The average molecular weight is 217 g/mol. The molecular formula is C10H10F3NO. The smallest absolute Gasteiger partial charge is 0.411 e. The van der Waals surface area contributed by atoms with Crippen LogP contribution in [0.2, 0.25) is 0 Å². The molecule has 0 fully saturated rings. The van der Waals surface area contributed by atoms with Crippen molar-refractivity contribution in [1.29, 1.82) is 0 Å². The Morgan fingerprint density at radius 2 is 1.80 bits per heavy atom. The van der Waals surface area contributed by atoms with Gasteiger partial charge >= 0.3 is 6.18 Å². The van der Waals surface area contributed by atoms with Crippen LogP contribution in [0.25, 0.3) is 0 Å². The third-order valence-corrected chi connectivity index (χ3v) is 2.00. The maximum Gasteiger partial charge on any atom is 0.416 e. The highest BCUT2D eigenvalue weighted by molar-refractivity contribution is 5.99. The lowest BCUT2D eigenvalue weighted by Crippen LogP contribution is -2.06. The Labute approximate surface area is 85.0 Å². The molecule has 15 heavy (non-hydrogen) atoms. The second-order valence-corrected chi connectivity index (χ2v) is 2.98. The van der Waals surface area contributed by atoms with Gasteiger partial charge in [-0.3, -0.25) is 0 Å². The molecule has 0 bridgehead atoms. The number of nitrogens with zero attached hydrogens (tertiary/aromatic N) is 1. The minimum Gasteiger partial charge on any atom is -0.411 e. The lowest BCUT2D eigenvalue weighted by Gasteiger charge is -2.07. The van der Waals surface area contributed by atoms with Gasteiger partial charge in [-0.25, -0.2) is 0 Å². The molecule has 5 heteroatoms. The highest BCUT2D eigenvalue weighted by atomic mass is 19.4. The highest BCUT2D eigenvalue weighted by Gasteiger charge is 2.30. The lowest BCUT2D eigenvalue weighted by molar-refractivity contribution is -0.137. The van der Waals surface area contributed by atoms with Crippen molar-refractivity contribution < 1.29 is 18.4 Å². The first kappa shape index (κ1) is 11.6. The molecule has 82 valence electrons. The molecule has 1 aromatic carbocycles. The largest absolute Gasteiger partial charge is 0.416 e. The van der Waals surface area contributed by atoms with Crippen LogP contribution >= 0.6 is 0 Å². The van der Waals surface area contributed by atoms with Gasteiger partial charge in [0.1, 0.15) is 0 Å². The van der Waals surface area contributed by atoms with Crippen molar-refractivity contribution in [3.05, 3.63) is 35.4 Å². The van der Waals surface area contributed by atoms with E-state index in [9.17, 15) is 13.2 Å². The SMILES string of the molecule is CC/C(=N\O)c1ccc(C(F)(F)F)cc1. The molecule has 0 amide bonds. The van der Waals surface area contributed by atoms with E-state index >= 15 is 0 Å². The van der Waals surface area contributed by atoms with E-state index in [0.29, 0.717) is 17.7 Å². The van der Waals surface area contributed by atoms with Gasteiger partial charge in [-0.15, -0.1) is 0 Å². The third-order valence-electron chi connectivity index (χ3n) is 2.00. The number of halogens is 3. The summed E-state index contributed by atoms with van der Waals surface area (Å²) in [5, 5.41) is 11.6. The summed E-state index contributed by atoms with van der Waals surface area (Å²) in [6, 6.07) is 4.52. The Bertz CT molecular complexity index is 354. The number of oxime groups is 1. The van der Waals surface area contributed by atoms with E-state index in [1.54, 1.807) is 6.92 Å². The highest BCUT2D eigenvalue weighted by Crippen LogP contribution is 2.29. The molecule has 0 radical (unpaired) electrons. The average Bonchev–Trinajstić information content (AvgIpc) is 2.19. The van der Waals surface area contributed by atoms with E-state index in [2.05, 4.69) is 5.16 Å². The fraction of sp³-hybridized carbons (Fsp3) is 0.300. The second-order valence-electron chi connectivity index (χ2n) is 2.98. The van der Waals surface area contributed by atoms with E-state index in [0.717, 1.165) is 12.1 Å². The molecule has 2 nitrogen and oxygen atoms in total. The van der Waals surface area contributed by atoms with Gasteiger partial charge in [0, 0.05) is 0 Å². The summed E-state index contributed by atoms with van der Waals surface area (Å²) in [5.41, 5.74) is 0.149. The Balaban J connectivity index is 3.00. The molecule has 1 aromatic rings. The molecule has 0 aliphatic rings. The summed E-state index contributed by atoms with van der Waals surface area (Å²) in [6.07, 6.45) is -3.87. The van der Waals surface area contributed by atoms with Gasteiger partial charge in [0.25, 0.3) is 0 Å². The molecule has 0 saturated carbocycles. The Morgan fingerprint density at radius 3 is 2.13 bits per heavy atom. The Kier molecular flexibility index (Phi) is 3.34. The molecule has 1 N–H and O–H groups in total. The van der Waals surface area contributed by atoms with Gasteiger partial charge in [-0.1, -0.05) is 24.2 Å². The number of alkyl halides is 3. The predicted molar refractivity (Wildman–Crippen MR) is 50.1 cm³/mol. The van der Waals surface area contributed by atoms with Crippen molar-refractivity contribution in [3.8, 4) is 0 Å². The van der Waals surface area contributed by atoms with E-state index in [-0.39, 0.29) is 0 Å². The minimum atomic E-state index is -4.33. The van der Waals surface area contributed by atoms with Gasteiger partial charge in [0.2, 0.25) is 0 Å². The zero-order chi connectivity index (χ0) is 11.5. The molecule has 1 rings (SSSR count). The molecule has 0 aliphatic heterocycles. The summed E-state index contributed by atoms with van der Waals surface area (Å²) in [6.45, 7) is 1.76. The van der Waals surface area contributed by atoms with Crippen molar-refractivity contribution in [2.75, 3.05) is 0 Å². The minimum absolute atomic E-state index is 0.365. The maximum atomic E-state index is 12.2. The van der Waals surface area contributed by atoms with Gasteiger partial charge in [-0.05, 0) is 24.1 Å². The van der Waals surface area contributed by atoms with Gasteiger partial charge in [0.15, 0.2) is 0 Å². The number of hydrogen-bond acceptors (Lipinski definition) is 2. The summed E-state index contributed by atoms with van der Waals surface area (Å²) >= 11 is 0. The van der Waals surface area contributed by atoms with Crippen LogP contribution in [-0.2, 0) is 6.18 Å². The second kappa shape index (κ2) is 4.33. The summed E-state index contributed by atoms with van der Waals surface area (Å²) in [7, 11) is 0. The van der Waals surface area contributed by atoms with E-state index in [1.807, 2.05) is 0 Å². The van der Waals surface area contributed by atoms with Crippen LogP contribution in [0.5, 0.6) is 0 Å². The number of hydrogen-bond donors (Lipinski definition) is 1. The van der Waals surface area contributed by atoms with E-state index in [1.165, 1.54) is 12.1 Å². The number of rotatable bonds is 2. The van der Waals surface area contributed by atoms with Crippen LogP contribution < -0.4 is 0 Å². The predicted octanol–water partition coefficient (Wildman–Crippen LogP) is 3.29. The summed E-state index contributed by atoms with van der Waals surface area (Å²) in [5.74, 6) is 0. The number of benzene rings is 1. The molecule has 0 aromatic heterocycles.